The van der Waals surface area contributed by atoms with E-state index in [0.717, 1.165) is 5.38 Å². The summed E-state index contributed by atoms with van der Waals surface area (Å²) in [6.45, 7) is 1.13. The maximum absolute atomic E-state index is 14.5. The zero-order valence-corrected chi connectivity index (χ0v) is 18.5. The minimum Gasteiger partial charge on any atom is -0.462 e. The largest absolute Gasteiger partial charge is 0.462 e. The number of carbonyl (C=O) groups is 2. The summed E-state index contributed by atoms with van der Waals surface area (Å²) in [5, 5.41) is 1.85. The van der Waals surface area contributed by atoms with Gasteiger partial charge in [0.1, 0.15) is 10.6 Å². The van der Waals surface area contributed by atoms with Gasteiger partial charge in [0.2, 0.25) is 0 Å². The molecule has 1 fully saturated rings. The van der Waals surface area contributed by atoms with E-state index >= 15 is 0 Å². The van der Waals surface area contributed by atoms with Crippen molar-refractivity contribution >= 4 is 39.8 Å². The molecule has 1 saturated heterocycles. The van der Waals surface area contributed by atoms with Crippen molar-refractivity contribution in [1.29, 1.82) is 0 Å². The first-order chi connectivity index (χ1) is 15.9. The Morgan fingerprint density at radius 1 is 1.06 bits per heavy atom. The monoisotopic (exact) mass is 555 g/mol. The first-order valence-electron chi connectivity index (χ1n) is 9.21. The second kappa shape index (κ2) is 8.55. The number of anilines is 1. The van der Waals surface area contributed by atoms with E-state index in [4.69, 9.17) is 16.3 Å². The Balaban J connectivity index is 2.03. The molecule has 16 heteroatoms. The number of halogens is 10. The molecule has 192 valence electrons. The Morgan fingerprint density at radius 3 is 2.11 bits per heavy atom. The van der Waals surface area contributed by atoms with E-state index in [1.807, 2.05) is 0 Å². The SMILES string of the molecule is CCOC(=O)c1c(-c2ccc(Cl)cc2)csc1NC(=O)C(F)(F)C1(F)OC(F)(F)C(F)(F)C1(F)F. The molecule has 1 aliphatic rings. The maximum Gasteiger partial charge on any atom is 0.428 e. The van der Waals surface area contributed by atoms with Gasteiger partial charge in [-0.05, 0) is 24.6 Å². The minimum absolute atomic E-state index is 0.0285. The Kier molecular flexibility index (Phi) is 6.62. The van der Waals surface area contributed by atoms with Gasteiger partial charge in [-0.15, -0.1) is 11.3 Å². The molecule has 5 nitrogen and oxygen atoms in total. The number of rotatable bonds is 6. The molecule has 1 atom stereocenters. The predicted octanol–water partition coefficient (Wildman–Crippen LogP) is 6.38. The first-order valence-corrected chi connectivity index (χ1v) is 10.5. The van der Waals surface area contributed by atoms with Crippen LogP contribution < -0.4 is 5.32 Å². The lowest BCUT2D eigenvalue weighted by Gasteiger charge is -2.31. The van der Waals surface area contributed by atoms with Gasteiger partial charge in [-0.2, -0.15) is 39.5 Å². The fourth-order valence-electron chi connectivity index (χ4n) is 2.98. The van der Waals surface area contributed by atoms with Gasteiger partial charge in [0, 0.05) is 16.0 Å². The smallest absolute Gasteiger partial charge is 0.428 e. The molecule has 0 radical (unpaired) electrons. The lowest BCUT2D eigenvalue weighted by Crippen LogP contribution is -2.63. The summed E-state index contributed by atoms with van der Waals surface area (Å²) >= 11 is 6.14. The number of thiophene rings is 1. The first kappa shape index (κ1) is 27.1. The van der Waals surface area contributed by atoms with Gasteiger partial charge in [0.25, 0.3) is 0 Å². The Morgan fingerprint density at radius 2 is 1.63 bits per heavy atom. The van der Waals surface area contributed by atoms with Crippen LogP contribution in [-0.2, 0) is 14.3 Å². The average Bonchev–Trinajstić information content (AvgIpc) is 3.20. The molecule has 2 aromatic rings. The van der Waals surface area contributed by atoms with Crippen LogP contribution in [0.25, 0.3) is 11.1 Å². The van der Waals surface area contributed by atoms with Crippen LogP contribution in [0.1, 0.15) is 17.3 Å². The molecule has 1 aliphatic heterocycles. The molecule has 0 saturated carbocycles. The highest BCUT2D eigenvalue weighted by atomic mass is 35.5. The van der Waals surface area contributed by atoms with E-state index < -0.39 is 52.2 Å². The molecular formula is C19H11ClF9NO4S. The van der Waals surface area contributed by atoms with Gasteiger partial charge in [0.05, 0.1) is 6.61 Å². The Hall–Kier alpha value is -2.52. The quantitative estimate of drug-likeness (QED) is 0.332. The van der Waals surface area contributed by atoms with Crippen molar-refractivity contribution in [1.82, 2.24) is 0 Å². The number of ether oxygens (including phenoxy) is 2. The van der Waals surface area contributed by atoms with Crippen LogP contribution in [-0.4, -0.2) is 48.2 Å². The number of benzene rings is 1. The molecule has 2 heterocycles. The Bertz CT molecular complexity index is 1160. The number of hydrogen-bond acceptors (Lipinski definition) is 5. The molecule has 1 unspecified atom stereocenters. The number of carbonyl (C=O) groups excluding carboxylic acids is 2. The van der Waals surface area contributed by atoms with E-state index in [2.05, 4.69) is 4.74 Å². The summed E-state index contributed by atoms with van der Waals surface area (Å²) in [7, 11) is 0. The molecular weight excluding hydrogens is 545 g/mol. The number of amides is 1. The summed E-state index contributed by atoms with van der Waals surface area (Å²) < 4.78 is 131. The summed E-state index contributed by atoms with van der Waals surface area (Å²) in [4.78, 5) is 24.5. The van der Waals surface area contributed by atoms with Crippen molar-refractivity contribution in [2.45, 2.75) is 36.7 Å². The van der Waals surface area contributed by atoms with Gasteiger partial charge < -0.3 is 10.1 Å². The average molecular weight is 556 g/mol. The van der Waals surface area contributed by atoms with Crippen molar-refractivity contribution in [3.63, 3.8) is 0 Å². The van der Waals surface area contributed by atoms with Gasteiger partial charge >= 0.3 is 41.6 Å². The summed E-state index contributed by atoms with van der Waals surface area (Å²) in [6, 6.07) is 5.51. The van der Waals surface area contributed by atoms with Gasteiger partial charge in [-0.25, -0.2) is 4.79 Å². The van der Waals surface area contributed by atoms with Crippen molar-refractivity contribution in [3.05, 3.63) is 40.2 Å². The summed E-state index contributed by atoms with van der Waals surface area (Å²) in [5.41, 5.74) is -0.377. The van der Waals surface area contributed by atoms with Crippen LogP contribution in [0.4, 0.5) is 44.5 Å². The van der Waals surface area contributed by atoms with Gasteiger partial charge in [-0.3, -0.25) is 9.53 Å². The molecule has 0 spiro atoms. The van der Waals surface area contributed by atoms with Gasteiger partial charge in [0.15, 0.2) is 0 Å². The van der Waals surface area contributed by atoms with Crippen molar-refractivity contribution < 1.29 is 58.6 Å². The second-order valence-corrected chi connectivity index (χ2v) is 8.29. The number of hydrogen-bond donors (Lipinski definition) is 1. The number of nitrogens with one attached hydrogen (secondary N) is 1. The van der Waals surface area contributed by atoms with Crippen LogP contribution in [0.2, 0.25) is 5.02 Å². The van der Waals surface area contributed by atoms with Crippen LogP contribution in [0.5, 0.6) is 0 Å². The molecule has 1 aromatic carbocycles. The molecule has 1 amide bonds. The maximum atomic E-state index is 14.5. The highest BCUT2D eigenvalue weighted by Gasteiger charge is 2.96. The van der Waals surface area contributed by atoms with Crippen LogP contribution in [0.3, 0.4) is 0 Å². The highest BCUT2D eigenvalue weighted by Crippen LogP contribution is 2.64. The highest BCUT2D eigenvalue weighted by molar-refractivity contribution is 7.15. The summed E-state index contributed by atoms with van der Waals surface area (Å²) in [6.07, 6.45) is -6.38. The standard InChI is InChI=1S/C19H11ClF9NO4S/c1-2-33-13(31)11-10(8-3-5-9(20)6-4-8)7-35-12(11)30-14(32)15(21,22)18(27)16(23,24)17(25,26)19(28,29)34-18/h3-7H,2H2,1H3,(H,30,32). The van der Waals surface area contributed by atoms with Crippen molar-refractivity contribution in [3.8, 4) is 11.1 Å². The topological polar surface area (TPSA) is 64.6 Å². The van der Waals surface area contributed by atoms with E-state index in [-0.39, 0.29) is 22.8 Å². The zero-order chi connectivity index (χ0) is 26.6. The molecule has 35 heavy (non-hydrogen) atoms. The molecule has 1 aromatic heterocycles. The molecule has 1 N–H and O–H groups in total. The lowest BCUT2D eigenvalue weighted by molar-refractivity contribution is -0.366. The third-order valence-corrected chi connectivity index (χ3v) is 5.92. The zero-order valence-electron chi connectivity index (χ0n) is 16.9. The van der Waals surface area contributed by atoms with Crippen LogP contribution >= 0.6 is 22.9 Å². The summed E-state index contributed by atoms with van der Waals surface area (Å²) in [5.74, 6) is -30.6. The van der Waals surface area contributed by atoms with E-state index in [1.165, 1.54) is 36.5 Å². The Labute approximate surface area is 198 Å². The van der Waals surface area contributed by atoms with E-state index in [1.54, 1.807) is 0 Å². The minimum atomic E-state index is -6.84. The van der Waals surface area contributed by atoms with E-state index in [9.17, 15) is 49.1 Å². The normalized spacial score (nSPS) is 22.6. The third kappa shape index (κ3) is 3.93. The lowest BCUT2D eigenvalue weighted by atomic mass is 9.99. The van der Waals surface area contributed by atoms with Crippen LogP contribution in [0, 0.1) is 0 Å². The third-order valence-electron chi connectivity index (χ3n) is 4.77. The van der Waals surface area contributed by atoms with Crippen molar-refractivity contribution in [2.75, 3.05) is 11.9 Å². The van der Waals surface area contributed by atoms with Crippen LogP contribution in [0.15, 0.2) is 29.6 Å². The molecule has 3 rings (SSSR count). The van der Waals surface area contributed by atoms with E-state index in [0.29, 0.717) is 11.3 Å². The fraction of sp³-hybridized carbons (Fsp3) is 0.368. The van der Waals surface area contributed by atoms with Crippen molar-refractivity contribution in [2.24, 2.45) is 0 Å². The predicted molar refractivity (Wildman–Crippen MR) is 104 cm³/mol. The molecule has 0 aliphatic carbocycles. The fourth-order valence-corrected chi connectivity index (χ4v) is 4.05. The molecule has 0 bridgehead atoms. The van der Waals surface area contributed by atoms with Gasteiger partial charge in [-0.1, -0.05) is 23.7 Å². The number of esters is 1. The number of alkyl halides is 9. The second-order valence-electron chi connectivity index (χ2n) is 6.97.